The molecular formula is C14H14N2OS. The van der Waals surface area contributed by atoms with E-state index < -0.39 is 0 Å². The van der Waals surface area contributed by atoms with Gasteiger partial charge in [-0.3, -0.25) is 9.78 Å². The Morgan fingerprint density at radius 2 is 2.28 bits per heavy atom. The molecule has 0 radical (unpaired) electrons. The topological polar surface area (TPSA) is 42.0 Å². The molecule has 2 aromatic heterocycles. The number of amides is 1. The van der Waals surface area contributed by atoms with Gasteiger partial charge in [-0.15, -0.1) is 0 Å². The number of thiophene rings is 1. The van der Waals surface area contributed by atoms with Gasteiger partial charge in [0.15, 0.2) is 0 Å². The third-order valence-electron chi connectivity index (χ3n) is 3.08. The first-order chi connectivity index (χ1) is 8.83. The monoisotopic (exact) mass is 258 g/mol. The highest BCUT2D eigenvalue weighted by atomic mass is 32.1. The van der Waals surface area contributed by atoms with Crippen molar-refractivity contribution in [2.45, 2.75) is 25.3 Å². The van der Waals surface area contributed by atoms with E-state index in [-0.39, 0.29) is 5.91 Å². The van der Waals surface area contributed by atoms with Gasteiger partial charge in [0, 0.05) is 35.3 Å². The van der Waals surface area contributed by atoms with Crippen LogP contribution in [0, 0.1) is 0 Å². The molecule has 1 N–H and O–H groups in total. The lowest BCUT2D eigenvalue weighted by molar-refractivity contribution is 0.0951. The van der Waals surface area contributed by atoms with Crippen LogP contribution in [-0.4, -0.2) is 10.9 Å². The minimum atomic E-state index is -0.0254. The van der Waals surface area contributed by atoms with E-state index in [0.717, 1.165) is 11.1 Å². The third-order valence-corrected chi connectivity index (χ3v) is 3.76. The molecule has 0 aromatic carbocycles. The van der Waals surface area contributed by atoms with E-state index in [4.69, 9.17) is 0 Å². The molecule has 1 aliphatic rings. The zero-order valence-electron chi connectivity index (χ0n) is 9.93. The number of nitrogens with one attached hydrogen (secondary N) is 1. The van der Waals surface area contributed by atoms with E-state index in [1.165, 1.54) is 29.9 Å². The van der Waals surface area contributed by atoms with E-state index in [2.05, 4.69) is 22.4 Å². The van der Waals surface area contributed by atoms with Crippen molar-refractivity contribution in [3.8, 4) is 0 Å². The fourth-order valence-electron chi connectivity index (χ4n) is 1.84. The van der Waals surface area contributed by atoms with Gasteiger partial charge in [0.2, 0.25) is 0 Å². The average Bonchev–Trinajstić information content (AvgIpc) is 3.11. The zero-order chi connectivity index (χ0) is 12.4. The van der Waals surface area contributed by atoms with Crippen LogP contribution in [0.2, 0.25) is 0 Å². The van der Waals surface area contributed by atoms with Crippen LogP contribution in [0.1, 0.15) is 40.4 Å². The summed E-state index contributed by atoms with van der Waals surface area (Å²) in [6.07, 6.45) is 4.39. The number of carbonyl (C=O) groups excluding carboxylic acids is 1. The zero-order valence-corrected chi connectivity index (χ0v) is 10.7. The summed E-state index contributed by atoms with van der Waals surface area (Å²) in [7, 11) is 0. The number of hydrogen-bond acceptors (Lipinski definition) is 3. The van der Waals surface area contributed by atoms with Gasteiger partial charge in [-0.1, -0.05) is 6.07 Å². The van der Waals surface area contributed by atoms with Crippen LogP contribution in [-0.2, 0) is 6.54 Å². The quantitative estimate of drug-likeness (QED) is 0.916. The third kappa shape index (κ3) is 2.59. The van der Waals surface area contributed by atoms with Gasteiger partial charge in [-0.25, -0.2) is 0 Å². The molecule has 92 valence electrons. The molecule has 0 unspecified atom stereocenters. The van der Waals surface area contributed by atoms with Gasteiger partial charge in [0.05, 0.1) is 0 Å². The molecule has 1 saturated carbocycles. The van der Waals surface area contributed by atoms with Crippen molar-refractivity contribution in [2.75, 3.05) is 0 Å². The van der Waals surface area contributed by atoms with Crippen LogP contribution in [0.3, 0.4) is 0 Å². The molecule has 1 aliphatic carbocycles. The second kappa shape index (κ2) is 4.90. The number of rotatable bonds is 4. The highest BCUT2D eigenvalue weighted by molar-refractivity contribution is 7.08. The van der Waals surface area contributed by atoms with Gasteiger partial charge >= 0.3 is 0 Å². The van der Waals surface area contributed by atoms with Crippen LogP contribution in [0.15, 0.2) is 35.2 Å². The van der Waals surface area contributed by atoms with Crippen LogP contribution in [0.4, 0.5) is 0 Å². The molecular weight excluding hydrogens is 244 g/mol. The van der Waals surface area contributed by atoms with Crippen molar-refractivity contribution in [2.24, 2.45) is 0 Å². The second-order valence-electron chi connectivity index (χ2n) is 4.56. The summed E-state index contributed by atoms with van der Waals surface area (Å²) in [6, 6.07) is 5.95. The van der Waals surface area contributed by atoms with Gasteiger partial charge in [-0.2, -0.15) is 11.3 Å². The van der Waals surface area contributed by atoms with E-state index in [9.17, 15) is 4.79 Å². The molecule has 2 aromatic rings. The first-order valence-corrected chi connectivity index (χ1v) is 7.02. The summed E-state index contributed by atoms with van der Waals surface area (Å²) in [4.78, 5) is 16.2. The molecule has 3 rings (SSSR count). The number of aromatic nitrogens is 1. The fraction of sp³-hybridized carbons (Fsp3) is 0.286. The van der Waals surface area contributed by atoms with Crippen LogP contribution >= 0.6 is 11.3 Å². The van der Waals surface area contributed by atoms with Crippen molar-refractivity contribution in [1.29, 1.82) is 0 Å². The Labute approximate surface area is 110 Å². The Morgan fingerprint density at radius 3 is 2.89 bits per heavy atom. The van der Waals surface area contributed by atoms with Crippen molar-refractivity contribution < 1.29 is 4.79 Å². The van der Waals surface area contributed by atoms with Crippen LogP contribution in [0.25, 0.3) is 0 Å². The number of pyridine rings is 1. The minimum Gasteiger partial charge on any atom is -0.348 e. The standard InChI is InChI=1S/C14H14N2OS/c17-14(12-5-6-18-9-12)16-8-10-1-4-13(15-7-10)11-2-3-11/h1,4-7,9,11H,2-3,8H2,(H,16,17). The molecule has 2 heterocycles. The normalized spacial score (nSPS) is 14.4. The average molecular weight is 258 g/mol. The molecule has 0 aliphatic heterocycles. The predicted molar refractivity (Wildman–Crippen MR) is 71.7 cm³/mol. The maximum absolute atomic E-state index is 11.7. The number of carbonyl (C=O) groups is 1. The lowest BCUT2D eigenvalue weighted by Crippen LogP contribution is -2.22. The van der Waals surface area contributed by atoms with Crippen molar-refractivity contribution in [1.82, 2.24) is 10.3 Å². The number of nitrogens with zero attached hydrogens (tertiary/aromatic N) is 1. The van der Waals surface area contributed by atoms with Gasteiger partial charge < -0.3 is 5.32 Å². The molecule has 0 spiro atoms. The van der Waals surface area contributed by atoms with Gasteiger partial charge in [-0.05, 0) is 35.9 Å². The van der Waals surface area contributed by atoms with E-state index in [1.54, 1.807) is 0 Å². The van der Waals surface area contributed by atoms with Gasteiger partial charge in [0.1, 0.15) is 0 Å². The summed E-state index contributed by atoms with van der Waals surface area (Å²) < 4.78 is 0. The van der Waals surface area contributed by atoms with E-state index in [1.807, 2.05) is 23.0 Å². The lowest BCUT2D eigenvalue weighted by Gasteiger charge is -2.04. The molecule has 1 fully saturated rings. The highest BCUT2D eigenvalue weighted by Gasteiger charge is 2.24. The van der Waals surface area contributed by atoms with E-state index >= 15 is 0 Å². The smallest absolute Gasteiger partial charge is 0.252 e. The maximum atomic E-state index is 11.7. The van der Waals surface area contributed by atoms with Crippen molar-refractivity contribution >= 4 is 17.2 Å². The Morgan fingerprint density at radius 1 is 1.39 bits per heavy atom. The van der Waals surface area contributed by atoms with Crippen molar-refractivity contribution in [3.63, 3.8) is 0 Å². The minimum absolute atomic E-state index is 0.0254. The lowest BCUT2D eigenvalue weighted by atomic mass is 10.2. The summed E-state index contributed by atoms with van der Waals surface area (Å²) in [5.41, 5.74) is 2.95. The predicted octanol–water partition coefficient (Wildman–Crippen LogP) is 2.95. The first kappa shape index (κ1) is 11.4. The van der Waals surface area contributed by atoms with E-state index in [0.29, 0.717) is 12.5 Å². The van der Waals surface area contributed by atoms with Crippen molar-refractivity contribution in [3.05, 3.63) is 52.0 Å². The second-order valence-corrected chi connectivity index (χ2v) is 5.34. The summed E-state index contributed by atoms with van der Waals surface area (Å²) >= 11 is 1.53. The summed E-state index contributed by atoms with van der Waals surface area (Å²) in [6.45, 7) is 0.534. The molecule has 0 atom stereocenters. The molecule has 0 saturated heterocycles. The summed E-state index contributed by atoms with van der Waals surface area (Å²) in [5.74, 6) is 0.655. The molecule has 0 bridgehead atoms. The summed E-state index contributed by atoms with van der Waals surface area (Å²) in [5, 5.41) is 6.65. The van der Waals surface area contributed by atoms with Crippen LogP contribution in [0.5, 0.6) is 0 Å². The number of hydrogen-bond donors (Lipinski definition) is 1. The SMILES string of the molecule is O=C(NCc1ccc(C2CC2)nc1)c1ccsc1. The largest absolute Gasteiger partial charge is 0.348 e. The molecule has 4 heteroatoms. The molecule has 3 nitrogen and oxygen atoms in total. The first-order valence-electron chi connectivity index (χ1n) is 6.08. The maximum Gasteiger partial charge on any atom is 0.252 e. The van der Waals surface area contributed by atoms with Gasteiger partial charge in [0.25, 0.3) is 5.91 Å². The molecule has 1 amide bonds. The highest BCUT2D eigenvalue weighted by Crippen LogP contribution is 2.38. The Kier molecular flexibility index (Phi) is 3.11. The molecule has 18 heavy (non-hydrogen) atoms. The Bertz CT molecular complexity index is 529. The van der Waals surface area contributed by atoms with Crippen LogP contribution < -0.4 is 5.32 Å². The fourth-order valence-corrected chi connectivity index (χ4v) is 2.48. The Hall–Kier alpha value is -1.68. The Balaban J connectivity index is 1.57.